The molecule has 0 aliphatic heterocycles. The van der Waals surface area contributed by atoms with Crippen LogP contribution in [0.2, 0.25) is 0 Å². The zero-order valence-corrected chi connectivity index (χ0v) is 17.3. The van der Waals surface area contributed by atoms with Crippen LogP contribution in [0.3, 0.4) is 0 Å². The number of hydrogen-bond acceptors (Lipinski definition) is 5. The van der Waals surface area contributed by atoms with Crippen molar-refractivity contribution in [1.82, 2.24) is 9.55 Å². The van der Waals surface area contributed by atoms with E-state index in [1.165, 1.54) is 35.2 Å². The van der Waals surface area contributed by atoms with Gasteiger partial charge in [0, 0.05) is 27.6 Å². The molecule has 0 radical (unpaired) electrons. The largest absolute Gasteiger partial charge is 0.287 e. The van der Waals surface area contributed by atoms with Crippen LogP contribution in [0, 0.1) is 5.82 Å². The standard InChI is InChI=1S/C20H17FN2OS3/c1-3-23-19(24)17-15(16-5-4-10-25-16)11-26-18(17)22-20(23)27-12(2)13-6-8-14(21)9-7-13/h4-12H,3H2,1-2H3/t12-/m0/s1. The first-order valence-corrected chi connectivity index (χ1v) is 11.2. The Kier molecular flexibility index (Phi) is 5.16. The molecule has 3 nitrogen and oxygen atoms in total. The third-order valence-corrected chi connectivity index (χ3v) is 7.31. The molecule has 1 atom stereocenters. The summed E-state index contributed by atoms with van der Waals surface area (Å²) in [7, 11) is 0. The van der Waals surface area contributed by atoms with Crippen LogP contribution >= 0.6 is 34.4 Å². The van der Waals surface area contributed by atoms with E-state index in [2.05, 4.69) is 0 Å². The fraction of sp³-hybridized carbons (Fsp3) is 0.200. The number of benzene rings is 1. The minimum Gasteiger partial charge on any atom is -0.287 e. The summed E-state index contributed by atoms with van der Waals surface area (Å²) in [6, 6.07) is 10.5. The predicted octanol–water partition coefficient (Wildman–Crippen LogP) is 6.20. The Balaban J connectivity index is 1.77. The molecule has 0 unspecified atom stereocenters. The summed E-state index contributed by atoms with van der Waals surface area (Å²) in [5, 5.41) is 5.49. The van der Waals surface area contributed by atoms with E-state index in [4.69, 9.17) is 4.98 Å². The lowest BCUT2D eigenvalue weighted by Crippen LogP contribution is -2.22. The van der Waals surface area contributed by atoms with Gasteiger partial charge in [0.2, 0.25) is 0 Å². The maximum Gasteiger partial charge on any atom is 0.263 e. The van der Waals surface area contributed by atoms with Crippen LogP contribution in [0.1, 0.15) is 24.7 Å². The molecule has 0 aliphatic carbocycles. The van der Waals surface area contributed by atoms with E-state index in [1.807, 2.05) is 36.7 Å². The van der Waals surface area contributed by atoms with Gasteiger partial charge in [0.25, 0.3) is 5.56 Å². The smallest absolute Gasteiger partial charge is 0.263 e. The van der Waals surface area contributed by atoms with Crippen LogP contribution < -0.4 is 5.56 Å². The maximum atomic E-state index is 13.2. The first-order chi connectivity index (χ1) is 13.1. The van der Waals surface area contributed by atoms with Crippen LogP contribution in [0.4, 0.5) is 4.39 Å². The molecule has 138 valence electrons. The molecule has 0 amide bonds. The fourth-order valence-electron chi connectivity index (χ4n) is 2.95. The van der Waals surface area contributed by atoms with Gasteiger partial charge in [-0.3, -0.25) is 9.36 Å². The molecule has 3 aromatic heterocycles. The fourth-order valence-corrected chi connectivity index (χ4v) is 5.85. The van der Waals surface area contributed by atoms with Crippen molar-refractivity contribution in [2.75, 3.05) is 0 Å². The molecular formula is C20H17FN2OS3. The topological polar surface area (TPSA) is 34.9 Å². The number of hydrogen-bond donors (Lipinski definition) is 0. The first-order valence-electron chi connectivity index (χ1n) is 8.56. The summed E-state index contributed by atoms with van der Waals surface area (Å²) in [6.45, 7) is 4.55. The summed E-state index contributed by atoms with van der Waals surface area (Å²) < 4.78 is 14.9. The van der Waals surface area contributed by atoms with Crippen molar-refractivity contribution in [3.63, 3.8) is 0 Å². The van der Waals surface area contributed by atoms with Crippen LogP contribution in [0.25, 0.3) is 20.7 Å². The van der Waals surface area contributed by atoms with E-state index in [-0.39, 0.29) is 16.6 Å². The van der Waals surface area contributed by atoms with Crippen molar-refractivity contribution >= 4 is 44.7 Å². The van der Waals surface area contributed by atoms with Gasteiger partial charge in [-0.05, 0) is 43.0 Å². The highest BCUT2D eigenvalue weighted by Crippen LogP contribution is 2.37. The van der Waals surface area contributed by atoms with Crippen molar-refractivity contribution < 1.29 is 4.39 Å². The molecule has 7 heteroatoms. The lowest BCUT2D eigenvalue weighted by Gasteiger charge is -2.15. The van der Waals surface area contributed by atoms with E-state index >= 15 is 0 Å². The zero-order chi connectivity index (χ0) is 19.0. The number of thiophene rings is 2. The Labute approximate surface area is 168 Å². The molecule has 27 heavy (non-hydrogen) atoms. The Morgan fingerprint density at radius 2 is 2.00 bits per heavy atom. The summed E-state index contributed by atoms with van der Waals surface area (Å²) >= 11 is 4.66. The molecule has 4 rings (SSSR count). The first kappa shape index (κ1) is 18.4. The maximum absolute atomic E-state index is 13.2. The van der Waals surface area contributed by atoms with Crippen LogP contribution in [-0.4, -0.2) is 9.55 Å². The second-order valence-electron chi connectivity index (χ2n) is 6.06. The lowest BCUT2D eigenvalue weighted by atomic mass is 10.2. The molecule has 1 aromatic carbocycles. The number of thioether (sulfide) groups is 1. The average molecular weight is 417 g/mol. The molecule has 0 N–H and O–H groups in total. The summed E-state index contributed by atoms with van der Waals surface area (Å²) in [4.78, 5) is 19.8. The molecule has 0 fully saturated rings. The van der Waals surface area contributed by atoms with E-state index in [0.717, 1.165) is 20.8 Å². The van der Waals surface area contributed by atoms with Gasteiger partial charge in [0.1, 0.15) is 10.6 Å². The quantitative estimate of drug-likeness (QED) is 0.287. The summed E-state index contributed by atoms with van der Waals surface area (Å²) in [5.41, 5.74) is 1.97. The summed E-state index contributed by atoms with van der Waals surface area (Å²) in [5.74, 6) is -0.249. The number of nitrogens with zero attached hydrogens (tertiary/aromatic N) is 2. The second-order valence-corrected chi connectivity index (χ2v) is 9.18. The molecule has 3 heterocycles. The average Bonchev–Trinajstić information content (AvgIpc) is 3.32. The van der Waals surface area contributed by atoms with Crippen LogP contribution in [0.5, 0.6) is 0 Å². The van der Waals surface area contributed by atoms with Gasteiger partial charge in [0.15, 0.2) is 5.16 Å². The van der Waals surface area contributed by atoms with Crippen molar-refractivity contribution in [1.29, 1.82) is 0 Å². The van der Waals surface area contributed by atoms with Gasteiger partial charge in [0.05, 0.1) is 5.39 Å². The number of halogens is 1. The molecule has 0 aliphatic rings. The van der Waals surface area contributed by atoms with Crippen molar-refractivity contribution in [3.8, 4) is 10.4 Å². The van der Waals surface area contributed by atoms with Gasteiger partial charge >= 0.3 is 0 Å². The van der Waals surface area contributed by atoms with Gasteiger partial charge < -0.3 is 0 Å². The molecule has 0 bridgehead atoms. The third-order valence-electron chi connectivity index (χ3n) is 4.38. The van der Waals surface area contributed by atoms with Gasteiger partial charge in [-0.1, -0.05) is 30.0 Å². The Morgan fingerprint density at radius 3 is 2.67 bits per heavy atom. The lowest BCUT2D eigenvalue weighted by molar-refractivity contribution is 0.626. The number of fused-ring (bicyclic) bond motifs is 1. The highest BCUT2D eigenvalue weighted by Gasteiger charge is 2.19. The SMILES string of the molecule is CCn1c(S[C@@H](C)c2ccc(F)cc2)nc2scc(-c3cccs3)c2c1=O. The summed E-state index contributed by atoms with van der Waals surface area (Å²) in [6.07, 6.45) is 0. The van der Waals surface area contributed by atoms with Crippen LogP contribution in [0.15, 0.2) is 57.1 Å². The Bertz CT molecular complexity index is 1130. The molecule has 4 aromatic rings. The minimum absolute atomic E-state index is 0.000885. The van der Waals surface area contributed by atoms with E-state index < -0.39 is 0 Å². The molecular weight excluding hydrogens is 399 g/mol. The third kappa shape index (κ3) is 3.47. The Hall–Kier alpha value is -1.96. The van der Waals surface area contributed by atoms with Gasteiger partial charge in [-0.15, -0.1) is 22.7 Å². The van der Waals surface area contributed by atoms with Gasteiger partial charge in [-0.2, -0.15) is 0 Å². The zero-order valence-electron chi connectivity index (χ0n) is 14.8. The van der Waals surface area contributed by atoms with Crippen molar-refractivity contribution in [2.45, 2.75) is 30.8 Å². The molecule has 0 saturated carbocycles. The van der Waals surface area contributed by atoms with Crippen molar-refractivity contribution in [3.05, 3.63) is 68.9 Å². The number of rotatable bonds is 5. The van der Waals surface area contributed by atoms with E-state index in [9.17, 15) is 9.18 Å². The highest BCUT2D eigenvalue weighted by molar-refractivity contribution is 7.99. The van der Waals surface area contributed by atoms with Gasteiger partial charge in [-0.25, -0.2) is 9.37 Å². The van der Waals surface area contributed by atoms with Crippen LogP contribution in [-0.2, 0) is 6.54 Å². The van der Waals surface area contributed by atoms with E-state index in [1.54, 1.807) is 28.0 Å². The predicted molar refractivity (Wildman–Crippen MR) is 114 cm³/mol. The normalized spacial score (nSPS) is 12.6. The van der Waals surface area contributed by atoms with E-state index in [0.29, 0.717) is 17.1 Å². The monoisotopic (exact) mass is 416 g/mol. The Morgan fingerprint density at radius 1 is 1.22 bits per heavy atom. The minimum atomic E-state index is -0.249. The molecule has 0 spiro atoms. The highest BCUT2D eigenvalue weighted by atomic mass is 32.2. The van der Waals surface area contributed by atoms with Crippen molar-refractivity contribution in [2.24, 2.45) is 0 Å². The number of aromatic nitrogens is 2. The molecule has 0 saturated heterocycles. The second kappa shape index (κ2) is 7.58.